The van der Waals surface area contributed by atoms with Gasteiger partial charge in [-0.1, -0.05) is 12.2 Å². The maximum absolute atomic E-state index is 10.2. The molecule has 1 atom stereocenters. The first-order valence-corrected chi connectivity index (χ1v) is 6.17. The number of aromatic hydroxyl groups is 2. The van der Waals surface area contributed by atoms with Gasteiger partial charge < -0.3 is 14.9 Å². The Morgan fingerprint density at radius 1 is 1.42 bits per heavy atom. The van der Waals surface area contributed by atoms with Crippen molar-refractivity contribution in [2.45, 2.75) is 19.0 Å². The van der Waals surface area contributed by atoms with E-state index >= 15 is 0 Å². The first-order valence-electron chi connectivity index (χ1n) is 6.17. The second kappa shape index (κ2) is 4.28. The van der Waals surface area contributed by atoms with Crippen molar-refractivity contribution in [2.75, 3.05) is 13.7 Å². The molecule has 2 aliphatic rings. The van der Waals surface area contributed by atoms with E-state index in [1.807, 2.05) is 6.21 Å². The van der Waals surface area contributed by atoms with E-state index in [2.05, 4.69) is 16.5 Å². The van der Waals surface area contributed by atoms with E-state index in [9.17, 15) is 10.2 Å². The molecule has 2 aliphatic heterocycles. The van der Waals surface area contributed by atoms with Crippen LogP contribution in [0.5, 0.6) is 17.2 Å². The number of benzene rings is 1. The molecule has 0 amide bonds. The first-order chi connectivity index (χ1) is 9.10. The van der Waals surface area contributed by atoms with Crippen LogP contribution in [0.2, 0.25) is 0 Å². The minimum atomic E-state index is -0.0950. The molecule has 0 unspecified atom stereocenters. The summed E-state index contributed by atoms with van der Waals surface area (Å²) in [6.45, 7) is 5.38. The highest BCUT2D eigenvalue weighted by molar-refractivity contribution is 5.76. The largest absolute Gasteiger partial charge is 0.504 e. The van der Waals surface area contributed by atoms with Gasteiger partial charge in [0.2, 0.25) is 5.75 Å². The van der Waals surface area contributed by atoms with Gasteiger partial charge in [0.05, 0.1) is 12.8 Å². The van der Waals surface area contributed by atoms with E-state index < -0.39 is 0 Å². The van der Waals surface area contributed by atoms with Gasteiger partial charge in [-0.2, -0.15) is 0 Å². The Labute approximate surface area is 111 Å². The third-order valence-corrected chi connectivity index (χ3v) is 3.66. The van der Waals surface area contributed by atoms with Gasteiger partial charge >= 0.3 is 0 Å². The lowest BCUT2D eigenvalue weighted by Gasteiger charge is -2.20. The van der Waals surface area contributed by atoms with Crippen LogP contribution in [0.15, 0.2) is 23.2 Å². The van der Waals surface area contributed by atoms with Gasteiger partial charge in [-0.3, -0.25) is 9.89 Å². The zero-order chi connectivity index (χ0) is 13.6. The number of aliphatic imine (C=N–C) groups is 1. The number of hydrogen-bond acceptors (Lipinski definition) is 5. The third kappa shape index (κ3) is 1.86. The molecule has 3 rings (SSSR count). The Bertz CT molecular complexity index is 581. The molecule has 19 heavy (non-hydrogen) atoms. The van der Waals surface area contributed by atoms with E-state index in [1.165, 1.54) is 18.7 Å². The Morgan fingerprint density at radius 3 is 2.95 bits per heavy atom. The maximum atomic E-state index is 10.2. The molecule has 1 aromatic carbocycles. The number of hydrogen-bond donors (Lipinski definition) is 2. The predicted molar refractivity (Wildman–Crippen MR) is 72.4 cm³/mol. The molecule has 5 nitrogen and oxygen atoms in total. The van der Waals surface area contributed by atoms with Crippen LogP contribution in [-0.4, -0.2) is 41.0 Å². The molecule has 100 valence electrons. The SMILES string of the molecule is C=C1C[C@H]2C=Nc3cc(O)c(OC)c(O)c3CN2C1. The molecule has 0 aliphatic carbocycles. The smallest absolute Gasteiger partial charge is 0.203 e. The lowest BCUT2D eigenvalue weighted by molar-refractivity contribution is 0.293. The standard InChI is InChI=1S/C14H16N2O3/c1-8-3-9-5-15-11-4-12(17)14(19-2)13(18)10(11)7-16(9)6-8/h4-5,9,17-18H,1,3,6-7H2,2H3/t9-/m0/s1. The second-order valence-electron chi connectivity index (χ2n) is 4.98. The molecule has 0 radical (unpaired) electrons. The Kier molecular flexibility index (Phi) is 2.71. The summed E-state index contributed by atoms with van der Waals surface area (Å²) in [5, 5.41) is 20.0. The van der Waals surface area contributed by atoms with Crippen LogP contribution in [0.4, 0.5) is 5.69 Å². The summed E-state index contributed by atoms with van der Waals surface area (Å²) in [6, 6.07) is 1.74. The number of rotatable bonds is 1. The summed E-state index contributed by atoms with van der Waals surface area (Å²) in [4.78, 5) is 6.58. The second-order valence-corrected chi connectivity index (χ2v) is 4.98. The normalized spacial score (nSPS) is 21.9. The van der Waals surface area contributed by atoms with Gasteiger partial charge in [-0.05, 0) is 6.42 Å². The molecule has 0 spiro atoms. The van der Waals surface area contributed by atoms with Gasteiger partial charge in [0.25, 0.3) is 0 Å². The van der Waals surface area contributed by atoms with Crippen LogP contribution in [0.3, 0.4) is 0 Å². The molecular formula is C14H16N2O3. The minimum absolute atomic E-state index is 0.0344. The summed E-state index contributed by atoms with van der Waals surface area (Å²) < 4.78 is 5.03. The molecule has 0 aromatic heterocycles. The van der Waals surface area contributed by atoms with Crippen LogP contribution in [-0.2, 0) is 6.54 Å². The number of phenols is 2. The van der Waals surface area contributed by atoms with Crippen molar-refractivity contribution in [2.24, 2.45) is 4.99 Å². The van der Waals surface area contributed by atoms with Crippen molar-refractivity contribution in [3.8, 4) is 17.2 Å². The monoisotopic (exact) mass is 260 g/mol. The Hall–Kier alpha value is -2.01. The molecule has 1 fully saturated rings. The van der Waals surface area contributed by atoms with E-state index in [0.29, 0.717) is 17.8 Å². The number of fused-ring (bicyclic) bond motifs is 2. The van der Waals surface area contributed by atoms with Crippen LogP contribution < -0.4 is 4.74 Å². The fourth-order valence-electron chi connectivity index (χ4n) is 2.72. The van der Waals surface area contributed by atoms with Crippen molar-refractivity contribution in [1.29, 1.82) is 0 Å². The molecule has 1 aromatic rings. The van der Waals surface area contributed by atoms with Crippen LogP contribution in [0.1, 0.15) is 12.0 Å². The highest BCUT2D eigenvalue weighted by atomic mass is 16.5. The van der Waals surface area contributed by atoms with Gasteiger partial charge in [0.1, 0.15) is 0 Å². The number of methoxy groups -OCH3 is 1. The summed E-state index contributed by atoms with van der Waals surface area (Å²) in [5.74, 6) is -0.0272. The van der Waals surface area contributed by atoms with Gasteiger partial charge in [-0.15, -0.1) is 0 Å². The lowest BCUT2D eigenvalue weighted by atomic mass is 10.1. The Balaban J connectivity index is 2.08. The van der Waals surface area contributed by atoms with E-state index in [0.717, 1.165) is 13.0 Å². The van der Waals surface area contributed by atoms with Crippen molar-refractivity contribution in [3.05, 3.63) is 23.8 Å². The number of ether oxygens (including phenoxy) is 1. The van der Waals surface area contributed by atoms with Crippen LogP contribution >= 0.6 is 0 Å². The number of nitrogens with zero attached hydrogens (tertiary/aromatic N) is 2. The maximum Gasteiger partial charge on any atom is 0.203 e. The highest BCUT2D eigenvalue weighted by Crippen LogP contribution is 2.45. The summed E-state index contributed by atoms with van der Waals surface area (Å²) in [5.41, 5.74) is 2.45. The molecule has 1 saturated heterocycles. The fraction of sp³-hybridized carbons (Fsp3) is 0.357. The minimum Gasteiger partial charge on any atom is -0.504 e. The summed E-state index contributed by atoms with van der Waals surface area (Å²) in [7, 11) is 1.42. The molecule has 0 bridgehead atoms. The van der Waals surface area contributed by atoms with Crippen molar-refractivity contribution in [3.63, 3.8) is 0 Å². The highest BCUT2D eigenvalue weighted by Gasteiger charge is 2.30. The van der Waals surface area contributed by atoms with Gasteiger partial charge in [0, 0.05) is 37.0 Å². The average Bonchev–Trinajstić information content (AvgIpc) is 2.63. The van der Waals surface area contributed by atoms with Gasteiger partial charge in [0.15, 0.2) is 11.5 Å². The van der Waals surface area contributed by atoms with Crippen molar-refractivity contribution >= 4 is 11.9 Å². The summed E-state index contributed by atoms with van der Waals surface area (Å²) in [6.07, 6.45) is 2.75. The molecular weight excluding hydrogens is 244 g/mol. The zero-order valence-corrected chi connectivity index (χ0v) is 10.8. The average molecular weight is 260 g/mol. The zero-order valence-electron chi connectivity index (χ0n) is 10.8. The van der Waals surface area contributed by atoms with Crippen molar-refractivity contribution < 1.29 is 14.9 Å². The topological polar surface area (TPSA) is 65.3 Å². The van der Waals surface area contributed by atoms with E-state index in [4.69, 9.17) is 4.74 Å². The molecule has 2 heterocycles. The molecule has 0 saturated carbocycles. The van der Waals surface area contributed by atoms with Crippen LogP contribution in [0, 0.1) is 0 Å². The molecule has 2 N–H and O–H groups in total. The first kappa shape index (κ1) is 12.0. The van der Waals surface area contributed by atoms with Crippen LogP contribution in [0.25, 0.3) is 0 Å². The fourth-order valence-corrected chi connectivity index (χ4v) is 2.72. The quantitative estimate of drug-likeness (QED) is 0.757. The lowest BCUT2D eigenvalue weighted by Crippen LogP contribution is -2.28. The predicted octanol–water partition coefficient (Wildman–Crippen LogP) is 1.95. The Morgan fingerprint density at radius 2 is 2.21 bits per heavy atom. The summed E-state index contributed by atoms with van der Waals surface area (Å²) >= 11 is 0. The van der Waals surface area contributed by atoms with E-state index in [-0.39, 0.29) is 23.3 Å². The van der Waals surface area contributed by atoms with E-state index in [1.54, 1.807) is 0 Å². The van der Waals surface area contributed by atoms with Gasteiger partial charge in [-0.25, -0.2) is 0 Å². The molecule has 5 heteroatoms. The van der Waals surface area contributed by atoms with Crippen molar-refractivity contribution in [1.82, 2.24) is 4.90 Å². The third-order valence-electron chi connectivity index (χ3n) is 3.66. The number of phenolic OH excluding ortho intramolecular Hbond substituents is 2.